The van der Waals surface area contributed by atoms with Crippen molar-refractivity contribution >= 4 is 10.0 Å². The Morgan fingerprint density at radius 2 is 2.00 bits per heavy atom. The third kappa shape index (κ3) is 4.69. The highest BCUT2D eigenvalue weighted by Gasteiger charge is 2.14. The highest BCUT2D eigenvalue weighted by atomic mass is 32.2. The lowest BCUT2D eigenvalue weighted by Gasteiger charge is -2.14. The molecule has 0 radical (unpaired) electrons. The van der Waals surface area contributed by atoms with Crippen LogP contribution in [-0.2, 0) is 10.0 Å². The molecule has 0 saturated heterocycles. The summed E-state index contributed by atoms with van der Waals surface area (Å²) in [6.07, 6.45) is 1.97. The predicted octanol–water partition coefficient (Wildman–Crippen LogP) is 2.80. The molecule has 0 atom stereocenters. The fraction of sp³-hybridized carbons (Fsp3) is 0.429. The monoisotopic (exact) mass is 283 g/mol. The number of primary sulfonamides is 1. The highest BCUT2D eigenvalue weighted by molar-refractivity contribution is 7.89. The Morgan fingerprint density at radius 3 is 2.47 bits per heavy atom. The Bertz CT molecular complexity index is 570. The van der Waals surface area contributed by atoms with Gasteiger partial charge in [-0.15, -0.1) is 0 Å². The van der Waals surface area contributed by atoms with Gasteiger partial charge in [0.15, 0.2) is 0 Å². The largest absolute Gasteiger partial charge is 0.489 e. The number of hydrogen-bond acceptors (Lipinski definition) is 3. The van der Waals surface area contributed by atoms with E-state index in [9.17, 15) is 8.42 Å². The molecule has 5 heteroatoms. The number of ether oxygens (including phenoxy) is 1. The molecule has 0 bridgehead atoms. The Labute approximate surface area is 115 Å². The first kappa shape index (κ1) is 15.7. The summed E-state index contributed by atoms with van der Waals surface area (Å²) in [7, 11) is -3.68. The van der Waals surface area contributed by atoms with E-state index >= 15 is 0 Å². The van der Waals surface area contributed by atoms with Gasteiger partial charge in [-0.3, -0.25) is 0 Å². The first-order chi connectivity index (χ1) is 8.71. The van der Waals surface area contributed by atoms with Crippen LogP contribution in [0.25, 0.3) is 0 Å². The first-order valence-corrected chi connectivity index (χ1v) is 7.69. The maximum absolute atomic E-state index is 11.3. The van der Waals surface area contributed by atoms with Gasteiger partial charge in [-0.1, -0.05) is 19.4 Å². The van der Waals surface area contributed by atoms with Gasteiger partial charge in [0.05, 0.1) is 4.90 Å². The molecule has 0 heterocycles. The van der Waals surface area contributed by atoms with Crippen molar-refractivity contribution in [2.45, 2.75) is 38.5 Å². The third-order valence-electron chi connectivity index (χ3n) is 2.66. The standard InChI is InChI=1S/C14H21NO3S/c1-10(2)7-8-18-14-6-5-12(19(15,16)17)9-13(14)11(3)4/h5-7,9,11H,8H2,1-4H3,(H2,15,16,17). The van der Waals surface area contributed by atoms with Crippen LogP contribution in [0.5, 0.6) is 5.75 Å². The van der Waals surface area contributed by atoms with Gasteiger partial charge in [-0.2, -0.15) is 0 Å². The number of rotatable bonds is 5. The van der Waals surface area contributed by atoms with E-state index in [2.05, 4.69) is 0 Å². The van der Waals surface area contributed by atoms with E-state index in [4.69, 9.17) is 9.88 Å². The van der Waals surface area contributed by atoms with Crippen LogP contribution in [-0.4, -0.2) is 15.0 Å². The molecule has 106 valence electrons. The molecular formula is C14H21NO3S. The van der Waals surface area contributed by atoms with Gasteiger partial charge in [0, 0.05) is 0 Å². The molecule has 0 aliphatic rings. The van der Waals surface area contributed by atoms with Crippen LogP contribution < -0.4 is 9.88 Å². The van der Waals surface area contributed by atoms with E-state index < -0.39 is 10.0 Å². The van der Waals surface area contributed by atoms with Crippen molar-refractivity contribution in [2.75, 3.05) is 6.61 Å². The third-order valence-corrected chi connectivity index (χ3v) is 3.57. The van der Waals surface area contributed by atoms with Crippen LogP contribution in [0.1, 0.15) is 39.2 Å². The molecule has 0 aromatic heterocycles. The van der Waals surface area contributed by atoms with Crippen molar-refractivity contribution in [3.05, 3.63) is 35.4 Å². The topological polar surface area (TPSA) is 69.4 Å². The van der Waals surface area contributed by atoms with Gasteiger partial charge in [0.2, 0.25) is 10.0 Å². The quantitative estimate of drug-likeness (QED) is 0.845. The van der Waals surface area contributed by atoms with Crippen molar-refractivity contribution in [2.24, 2.45) is 5.14 Å². The minimum Gasteiger partial charge on any atom is -0.489 e. The highest BCUT2D eigenvalue weighted by Crippen LogP contribution is 2.28. The summed E-state index contributed by atoms with van der Waals surface area (Å²) in [5.41, 5.74) is 2.01. The Kier molecular flexibility index (Phi) is 5.14. The van der Waals surface area contributed by atoms with Crippen LogP contribution in [0.4, 0.5) is 0 Å². The normalized spacial score (nSPS) is 11.5. The average Bonchev–Trinajstić information content (AvgIpc) is 2.27. The molecule has 0 fully saturated rings. The molecule has 2 N–H and O–H groups in total. The predicted molar refractivity (Wildman–Crippen MR) is 76.8 cm³/mol. The Balaban J connectivity index is 3.09. The maximum Gasteiger partial charge on any atom is 0.238 e. The fourth-order valence-electron chi connectivity index (χ4n) is 1.58. The molecule has 1 aromatic rings. The SMILES string of the molecule is CC(C)=CCOc1ccc(S(N)(=O)=O)cc1C(C)C. The maximum atomic E-state index is 11.3. The molecule has 0 saturated carbocycles. The number of allylic oxidation sites excluding steroid dienone is 1. The van der Waals surface area contributed by atoms with Gasteiger partial charge in [-0.05, 0) is 49.6 Å². The van der Waals surface area contributed by atoms with Crippen LogP contribution >= 0.6 is 0 Å². The zero-order chi connectivity index (χ0) is 14.6. The molecule has 19 heavy (non-hydrogen) atoms. The summed E-state index contributed by atoms with van der Waals surface area (Å²) < 4.78 is 28.4. The minimum absolute atomic E-state index is 0.116. The number of hydrogen-bond donors (Lipinski definition) is 1. The summed E-state index contributed by atoms with van der Waals surface area (Å²) in [6.45, 7) is 8.43. The lowest BCUT2D eigenvalue weighted by molar-refractivity contribution is 0.356. The number of sulfonamides is 1. The molecule has 4 nitrogen and oxygen atoms in total. The van der Waals surface area contributed by atoms with Crippen LogP contribution in [0.15, 0.2) is 34.7 Å². The molecule has 0 spiro atoms. The zero-order valence-electron chi connectivity index (χ0n) is 11.8. The molecule has 0 unspecified atom stereocenters. The summed E-state index contributed by atoms with van der Waals surface area (Å²) in [5.74, 6) is 0.850. The second-order valence-corrected chi connectivity index (χ2v) is 6.55. The van der Waals surface area contributed by atoms with Crippen molar-refractivity contribution in [3.8, 4) is 5.75 Å². The molecule has 0 amide bonds. The zero-order valence-corrected chi connectivity index (χ0v) is 12.6. The van der Waals surface area contributed by atoms with Crippen LogP contribution in [0, 0.1) is 0 Å². The van der Waals surface area contributed by atoms with E-state index in [1.165, 1.54) is 11.6 Å². The summed E-state index contributed by atoms with van der Waals surface area (Å²) in [6, 6.07) is 4.71. The van der Waals surface area contributed by atoms with E-state index in [0.29, 0.717) is 12.4 Å². The van der Waals surface area contributed by atoms with Gasteiger partial charge < -0.3 is 4.74 Å². The average molecular weight is 283 g/mol. The minimum atomic E-state index is -3.68. The van der Waals surface area contributed by atoms with Crippen molar-refractivity contribution in [3.63, 3.8) is 0 Å². The molecular weight excluding hydrogens is 262 g/mol. The Hall–Kier alpha value is -1.33. The number of benzene rings is 1. The van der Waals surface area contributed by atoms with Gasteiger partial charge in [0.1, 0.15) is 12.4 Å². The van der Waals surface area contributed by atoms with Gasteiger partial charge in [-0.25, -0.2) is 13.6 Å². The Morgan fingerprint density at radius 1 is 1.37 bits per heavy atom. The van der Waals surface area contributed by atoms with Crippen molar-refractivity contribution < 1.29 is 13.2 Å². The molecule has 0 aliphatic heterocycles. The second kappa shape index (κ2) is 6.21. The van der Waals surface area contributed by atoms with Crippen molar-refractivity contribution in [1.82, 2.24) is 0 Å². The lowest BCUT2D eigenvalue weighted by Crippen LogP contribution is -2.13. The van der Waals surface area contributed by atoms with E-state index in [1.807, 2.05) is 33.8 Å². The molecule has 1 aromatic carbocycles. The smallest absolute Gasteiger partial charge is 0.238 e. The molecule has 1 rings (SSSR count). The van der Waals surface area contributed by atoms with Gasteiger partial charge in [0.25, 0.3) is 0 Å². The van der Waals surface area contributed by atoms with E-state index in [0.717, 1.165) is 5.56 Å². The van der Waals surface area contributed by atoms with E-state index in [1.54, 1.807) is 12.1 Å². The van der Waals surface area contributed by atoms with Gasteiger partial charge >= 0.3 is 0 Å². The summed E-state index contributed by atoms with van der Waals surface area (Å²) in [4.78, 5) is 0.116. The van der Waals surface area contributed by atoms with Crippen LogP contribution in [0.2, 0.25) is 0 Å². The summed E-state index contributed by atoms with van der Waals surface area (Å²) >= 11 is 0. The van der Waals surface area contributed by atoms with Crippen molar-refractivity contribution in [1.29, 1.82) is 0 Å². The lowest BCUT2D eigenvalue weighted by atomic mass is 10.0. The first-order valence-electron chi connectivity index (χ1n) is 6.14. The fourth-order valence-corrected chi connectivity index (χ4v) is 2.13. The van der Waals surface area contributed by atoms with E-state index in [-0.39, 0.29) is 10.8 Å². The molecule has 0 aliphatic carbocycles. The second-order valence-electron chi connectivity index (χ2n) is 4.99. The van der Waals surface area contributed by atoms with Crippen LogP contribution in [0.3, 0.4) is 0 Å². The summed E-state index contributed by atoms with van der Waals surface area (Å²) in [5, 5.41) is 5.14. The number of nitrogens with two attached hydrogens (primary N) is 1.